The molecule has 0 bridgehead atoms. The minimum absolute atomic E-state index is 0.211. The van der Waals surface area contributed by atoms with E-state index in [0.717, 1.165) is 5.56 Å². The van der Waals surface area contributed by atoms with Crippen LogP contribution in [0.25, 0.3) is 0 Å². The molecular formula is C13H16BrN5O3. The molecule has 0 aliphatic heterocycles. The number of nitrogens with one attached hydrogen (secondary N) is 1. The van der Waals surface area contributed by atoms with Crippen LogP contribution in [0.3, 0.4) is 0 Å². The molecule has 0 fully saturated rings. The zero-order valence-electron chi connectivity index (χ0n) is 12.0. The minimum atomic E-state index is -0.548. The number of ether oxygens (including phenoxy) is 2. The number of carbonyl (C=O) groups excluding carboxylic acids is 1. The van der Waals surface area contributed by atoms with Crippen LogP contribution in [0.15, 0.2) is 29.3 Å². The highest BCUT2D eigenvalue weighted by Crippen LogP contribution is 2.37. The van der Waals surface area contributed by atoms with E-state index in [1.54, 1.807) is 17.3 Å². The Morgan fingerprint density at radius 2 is 2.09 bits per heavy atom. The van der Waals surface area contributed by atoms with Gasteiger partial charge in [0, 0.05) is 0 Å². The molecule has 1 heterocycles. The van der Waals surface area contributed by atoms with E-state index in [1.165, 1.54) is 0 Å². The zero-order chi connectivity index (χ0) is 15.9. The second-order valence-electron chi connectivity index (χ2n) is 4.30. The molecule has 22 heavy (non-hydrogen) atoms. The van der Waals surface area contributed by atoms with Gasteiger partial charge in [-0.2, -0.15) is 0 Å². The zero-order valence-corrected chi connectivity index (χ0v) is 13.5. The number of nitrogens with zero attached hydrogens (tertiary/aromatic N) is 3. The lowest BCUT2D eigenvalue weighted by atomic mass is 10.2. The molecule has 0 aliphatic rings. The second-order valence-corrected chi connectivity index (χ2v) is 5.15. The van der Waals surface area contributed by atoms with E-state index in [0.29, 0.717) is 29.1 Å². The van der Waals surface area contributed by atoms with E-state index >= 15 is 0 Å². The molecule has 1 aromatic heterocycles. The molecule has 8 nitrogen and oxygen atoms in total. The van der Waals surface area contributed by atoms with Crippen molar-refractivity contribution in [3.63, 3.8) is 0 Å². The Kier molecular flexibility index (Phi) is 5.59. The number of rotatable bonds is 8. The first-order chi connectivity index (χ1) is 10.6. The Morgan fingerprint density at radius 3 is 2.73 bits per heavy atom. The van der Waals surface area contributed by atoms with E-state index in [2.05, 4.69) is 31.6 Å². The van der Waals surface area contributed by atoms with Gasteiger partial charge in [0.05, 0.1) is 17.6 Å². The van der Waals surface area contributed by atoms with Crippen molar-refractivity contribution in [3.05, 3.63) is 34.8 Å². The van der Waals surface area contributed by atoms with Crippen molar-refractivity contribution in [2.24, 2.45) is 5.73 Å². The molecule has 3 N–H and O–H groups in total. The summed E-state index contributed by atoms with van der Waals surface area (Å²) in [5.41, 5.74) is 9.16. The van der Waals surface area contributed by atoms with Gasteiger partial charge in [0.25, 0.3) is 5.91 Å². The average molecular weight is 370 g/mol. The highest BCUT2D eigenvalue weighted by Gasteiger charge is 2.13. The van der Waals surface area contributed by atoms with Crippen LogP contribution in [0.1, 0.15) is 12.5 Å². The fourth-order valence-corrected chi connectivity index (χ4v) is 2.34. The highest BCUT2D eigenvalue weighted by molar-refractivity contribution is 9.10. The summed E-state index contributed by atoms with van der Waals surface area (Å²) in [5.74, 6) is 0.445. The molecule has 0 saturated heterocycles. The summed E-state index contributed by atoms with van der Waals surface area (Å²) in [5, 5.41) is 7.41. The molecule has 0 unspecified atom stereocenters. The molecule has 2 rings (SSSR count). The number of amides is 1. The quantitative estimate of drug-likeness (QED) is 0.720. The first kappa shape index (κ1) is 16.1. The maximum absolute atomic E-state index is 10.9. The van der Waals surface area contributed by atoms with Gasteiger partial charge in [-0.3, -0.25) is 4.79 Å². The van der Waals surface area contributed by atoms with E-state index < -0.39 is 5.91 Å². The molecule has 118 valence electrons. The molecule has 0 radical (unpaired) electrons. The summed E-state index contributed by atoms with van der Waals surface area (Å²) >= 11 is 3.42. The van der Waals surface area contributed by atoms with Crippen molar-refractivity contribution in [2.45, 2.75) is 13.5 Å². The number of halogens is 1. The normalized spacial score (nSPS) is 10.3. The molecule has 1 amide bonds. The van der Waals surface area contributed by atoms with Gasteiger partial charge in [0.1, 0.15) is 12.7 Å². The number of hydrogen-bond acceptors (Lipinski definition) is 6. The smallest absolute Gasteiger partial charge is 0.255 e. The molecule has 0 saturated carbocycles. The second kappa shape index (κ2) is 7.64. The number of nitrogens with two attached hydrogens (primary N) is 1. The van der Waals surface area contributed by atoms with Crippen LogP contribution in [-0.2, 0) is 11.3 Å². The summed E-state index contributed by atoms with van der Waals surface area (Å²) in [6.07, 6.45) is 3.12. The molecule has 9 heteroatoms. The fourth-order valence-electron chi connectivity index (χ4n) is 1.73. The standard InChI is InChI=1S/C13H16BrN5O3/c1-2-21-11-4-9(5-18-19-7-16-17-8-19)3-10(14)13(11)22-6-12(15)20/h3-4,7-8,18H,2,5-6H2,1H3,(H2,15,20). The van der Waals surface area contributed by atoms with Crippen molar-refractivity contribution in [2.75, 3.05) is 18.6 Å². The maximum atomic E-state index is 10.9. The maximum Gasteiger partial charge on any atom is 0.255 e. The first-order valence-corrected chi connectivity index (χ1v) is 7.34. The van der Waals surface area contributed by atoms with Crippen LogP contribution in [0.5, 0.6) is 11.5 Å². The van der Waals surface area contributed by atoms with Crippen LogP contribution < -0.4 is 20.6 Å². The Hall–Kier alpha value is -2.29. The molecular weight excluding hydrogens is 354 g/mol. The number of hydrogen-bond donors (Lipinski definition) is 2. The highest BCUT2D eigenvalue weighted by atomic mass is 79.9. The predicted octanol–water partition coefficient (Wildman–Crippen LogP) is 1.05. The number of benzene rings is 1. The summed E-state index contributed by atoms with van der Waals surface area (Å²) in [6.45, 7) is 2.67. The van der Waals surface area contributed by atoms with E-state index in [4.69, 9.17) is 15.2 Å². The third kappa shape index (κ3) is 4.35. The van der Waals surface area contributed by atoms with E-state index in [-0.39, 0.29) is 6.61 Å². The summed E-state index contributed by atoms with van der Waals surface area (Å²) in [6, 6.07) is 3.71. The van der Waals surface area contributed by atoms with Gasteiger partial charge in [0.2, 0.25) is 0 Å². The van der Waals surface area contributed by atoms with Gasteiger partial charge < -0.3 is 20.6 Å². The number of primary amides is 1. The number of aromatic nitrogens is 3. The van der Waals surface area contributed by atoms with Crippen molar-refractivity contribution in [1.82, 2.24) is 14.9 Å². The Morgan fingerprint density at radius 1 is 1.36 bits per heavy atom. The molecule has 0 aliphatic carbocycles. The Balaban J connectivity index is 2.16. The van der Waals surface area contributed by atoms with Crippen molar-refractivity contribution in [3.8, 4) is 11.5 Å². The topological polar surface area (TPSA) is 104 Å². The molecule has 0 atom stereocenters. The third-order valence-corrected chi connectivity index (χ3v) is 3.20. The van der Waals surface area contributed by atoms with Crippen LogP contribution in [0.2, 0.25) is 0 Å². The van der Waals surface area contributed by atoms with E-state index in [1.807, 2.05) is 19.1 Å². The SMILES string of the molecule is CCOc1cc(CNn2cnnc2)cc(Br)c1OCC(N)=O. The average Bonchev–Trinajstić information content (AvgIpc) is 2.97. The molecule has 0 spiro atoms. The Labute approximate surface area is 135 Å². The number of carbonyl (C=O) groups is 1. The van der Waals surface area contributed by atoms with Crippen molar-refractivity contribution >= 4 is 21.8 Å². The lowest BCUT2D eigenvalue weighted by Gasteiger charge is -2.15. The lowest BCUT2D eigenvalue weighted by Crippen LogP contribution is -2.20. The van der Waals surface area contributed by atoms with Gasteiger partial charge in [-0.1, -0.05) is 0 Å². The summed E-state index contributed by atoms with van der Waals surface area (Å²) < 4.78 is 13.3. The summed E-state index contributed by atoms with van der Waals surface area (Å²) in [4.78, 5) is 10.9. The van der Waals surface area contributed by atoms with Gasteiger partial charge in [0.15, 0.2) is 18.1 Å². The molecule has 2 aromatic rings. The van der Waals surface area contributed by atoms with Gasteiger partial charge in [-0.25, -0.2) is 4.68 Å². The van der Waals surface area contributed by atoms with Gasteiger partial charge in [-0.15, -0.1) is 10.2 Å². The molecule has 1 aromatic carbocycles. The fraction of sp³-hybridized carbons (Fsp3) is 0.308. The van der Waals surface area contributed by atoms with Crippen LogP contribution in [0.4, 0.5) is 0 Å². The minimum Gasteiger partial charge on any atom is -0.490 e. The van der Waals surface area contributed by atoms with Crippen LogP contribution >= 0.6 is 15.9 Å². The van der Waals surface area contributed by atoms with Gasteiger partial charge in [-0.05, 0) is 40.5 Å². The van der Waals surface area contributed by atoms with Crippen molar-refractivity contribution < 1.29 is 14.3 Å². The predicted molar refractivity (Wildman–Crippen MR) is 83.1 cm³/mol. The van der Waals surface area contributed by atoms with Gasteiger partial charge >= 0.3 is 0 Å². The first-order valence-electron chi connectivity index (χ1n) is 6.55. The Bertz CT molecular complexity index is 633. The van der Waals surface area contributed by atoms with Crippen LogP contribution in [-0.4, -0.2) is 34.0 Å². The third-order valence-electron chi connectivity index (χ3n) is 2.61. The van der Waals surface area contributed by atoms with Crippen molar-refractivity contribution in [1.29, 1.82) is 0 Å². The monoisotopic (exact) mass is 369 g/mol. The summed E-state index contributed by atoms with van der Waals surface area (Å²) in [7, 11) is 0. The largest absolute Gasteiger partial charge is 0.490 e. The lowest BCUT2D eigenvalue weighted by molar-refractivity contribution is -0.119. The van der Waals surface area contributed by atoms with Crippen LogP contribution in [0, 0.1) is 0 Å². The van der Waals surface area contributed by atoms with E-state index in [9.17, 15) is 4.79 Å².